The van der Waals surface area contributed by atoms with Crippen molar-refractivity contribution in [2.24, 2.45) is 11.7 Å². The van der Waals surface area contributed by atoms with E-state index in [1.54, 1.807) is 14.2 Å². The molecule has 0 saturated carbocycles. The first kappa shape index (κ1) is 14.3. The maximum atomic E-state index is 6.05. The summed E-state index contributed by atoms with van der Waals surface area (Å²) in [5, 5.41) is 7.10. The second kappa shape index (κ2) is 5.92. The first-order chi connectivity index (χ1) is 9.56. The van der Waals surface area contributed by atoms with E-state index in [1.165, 1.54) is 0 Å². The number of ether oxygens (including phenoxy) is 2. The lowest BCUT2D eigenvalue weighted by Gasteiger charge is -2.11. The first-order valence-corrected chi connectivity index (χ1v) is 6.47. The molecule has 6 nitrogen and oxygen atoms in total. The molecule has 0 aliphatic heterocycles. The molecule has 3 N–H and O–H groups in total. The highest BCUT2D eigenvalue weighted by molar-refractivity contribution is 5.60. The molecule has 1 heterocycles. The fraction of sp³-hybridized carbons (Fsp3) is 0.429. The van der Waals surface area contributed by atoms with Gasteiger partial charge in [0.2, 0.25) is 0 Å². The molecule has 0 saturated heterocycles. The van der Waals surface area contributed by atoms with Crippen molar-refractivity contribution in [1.29, 1.82) is 0 Å². The molecular weight excluding hydrogens is 256 g/mol. The molecule has 0 spiro atoms. The third-order valence-electron chi connectivity index (χ3n) is 3.18. The van der Waals surface area contributed by atoms with Gasteiger partial charge in [-0.15, -0.1) is 0 Å². The van der Waals surface area contributed by atoms with Crippen molar-refractivity contribution < 1.29 is 9.47 Å². The monoisotopic (exact) mass is 276 g/mol. The molecule has 0 radical (unpaired) electrons. The molecule has 0 aliphatic carbocycles. The van der Waals surface area contributed by atoms with Crippen LogP contribution in [0.15, 0.2) is 18.2 Å². The molecule has 1 atom stereocenters. The second-order valence-electron chi connectivity index (χ2n) is 4.88. The molecule has 2 rings (SSSR count). The van der Waals surface area contributed by atoms with E-state index in [-0.39, 0.29) is 6.04 Å². The van der Waals surface area contributed by atoms with Crippen molar-refractivity contribution in [2.45, 2.75) is 19.9 Å². The standard InChI is InChI=1S/C14H20N4O2/c1-8(2)12(15)14-16-13(17-18-14)9-5-6-10(19-3)11(7-9)20-4/h5-8,12H,15H2,1-4H3,(H,16,17,18). The number of methoxy groups -OCH3 is 2. The molecule has 1 aromatic carbocycles. The predicted molar refractivity (Wildman–Crippen MR) is 76.7 cm³/mol. The van der Waals surface area contributed by atoms with Gasteiger partial charge in [-0.05, 0) is 24.1 Å². The molecule has 6 heteroatoms. The van der Waals surface area contributed by atoms with E-state index in [1.807, 2.05) is 32.0 Å². The Morgan fingerprint density at radius 2 is 1.85 bits per heavy atom. The van der Waals surface area contributed by atoms with Crippen molar-refractivity contribution in [2.75, 3.05) is 14.2 Å². The SMILES string of the molecule is COc1ccc(-c2n[nH]c(C(N)C(C)C)n2)cc1OC. The van der Waals surface area contributed by atoms with E-state index in [4.69, 9.17) is 15.2 Å². The number of benzene rings is 1. The lowest BCUT2D eigenvalue weighted by molar-refractivity contribution is 0.355. The predicted octanol–water partition coefficient (Wildman–Crippen LogP) is 2.14. The van der Waals surface area contributed by atoms with Gasteiger partial charge in [-0.1, -0.05) is 13.8 Å². The van der Waals surface area contributed by atoms with Gasteiger partial charge in [0.25, 0.3) is 0 Å². The Morgan fingerprint density at radius 1 is 1.15 bits per heavy atom. The van der Waals surface area contributed by atoms with E-state index in [0.29, 0.717) is 29.1 Å². The number of H-pyrrole nitrogens is 1. The van der Waals surface area contributed by atoms with E-state index >= 15 is 0 Å². The number of rotatable bonds is 5. The first-order valence-electron chi connectivity index (χ1n) is 6.47. The van der Waals surface area contributed by atoms with Crippen molar-refractivity contribution in [1.82, 2.24) is 15.2 Å². The molecule has 1 unspecified atom stereocenters. The van der Waals surface area contributed by atoms with Gasteiger partial charge < -0.3 is 15.2 Å². The largest absolute Gasteiger partial charge is 0.493 e. The summed E-state index contributed by atoms with van der Waals surface area (Å²) in [4.78, 5) is 4.44. The number of nitrogens with two attached hydrogens (primary N) is 1. The fourth-order valence-electron chi connectivity index (χ4n) is 1.84. The molecule has 0 fully saturated rings. The minimum absolute atomic E-state index is 0.156. The summed E-state index contributed by atoms with van der Waals surface area (Å²) in [6, 6.07) is 5.39. The van der Waals surface area contributed by atoms with Crippen LogP contribution in [-0.4, -0.2) is 29.4 Å². The maximum absolute atomic E-state index is 6.05. The van der Waals surface area contributed by atoms with Gasteiger partial charge >= 0.3 is 0 Å². The fourth-order valence-corrected chi connectivity index (χ4v) is 1.84. The molecule has 0 aliphatic rings. The van der Waals surface area contributed by atoms with Crippen LogP contribution in [0.4, 0.5) is 0 Å². The second-order valence-corrected chi connectivity index (χ2v) is 4.88. The Morgan fingerprint density at radius 3 is 2.45 bits per heavy atom. The van der Waals surface area contributed by atoms with Crippen LogP contribution in [0, 0.1) is 5.92 Å². The molecule has 20 heavy (non-hydrogen) atoms. The van der Waals surface area contributed by atoms with Crippen LogP contribution in [0.3, 0.4) is 0 Å². The quantitative estimate of drug-likeness (QED) is 0.873. The number of aromatic amines is 1. The normalized spacial score (nSPS) is 12.5. The summed E-state index contributed by atoms with van der Waals surface area (Å²) < 4.78 is 10.5. The van der Waals surface area contributed by atoms with Crippen LogP contribution in [0.1, 0.15) is 25.7 Å². The molecule has 1 aromatic heterocycles. The summed E-state index contributed by atoms with van der Waals surface area (Å²) in [7, 11) is 3.20. The zero-order chi connectivity index (χ0) is 14.7. The highest BCUT2D eigenvalue weighted by Crippen LogP contribution is 2.31. The van der Waals surface area contributed by atoms with Crippen LogP contribution < -0.4 is 15.2 Å². The summed E-state index contributed by atoms with van der Waals surface area (Å²) in [6.45, 7) is 4.09. The van der Waals surface area contributed by atoms with Gasteiger partial charge in [0, 0.05) is 5.56 Å². The zero-order valence-electron chi connectivity index (χ0n) is 12.2. The van der Waals surface area contributed by atoms with Gasteiger partial charge in [-0.2, -0.15) is 5.10 Å². The average molecular weight is 276 g/mol. The Bertz CT molecular complexity index is 580. The molecule has 0 amide bonds. The van der Waals surface area contributed by atoms with E-state index in [0.717, 1.165) is 5.56 Å². The van der Waals surface area contributed by atoms with Crippen molar-refractivity contribution in [3.8, 4) is 22.9 Å². The summed E-state index contributed by atoms with van der Waals surface area (Å²) in [6.07, 6.45) is 0. The lowest BCUT2D eigenvalue weighted by Crippen LogP contribution is -2.18. The number of nitrogens with one attached hydrogen (secondary N) is 1. The van der Waals surface area contributed by atoms with Crippen LogP contribution >= 0.6 is 0 Å². The van der Waals surface area contributed by atoms with Gasteiger partial charge in [0.05, 0.1) is 20.3 Å². The smallest absolute Gasteiger partial charge is 0.181 e. The van der Waals surface area contributed by atoms with Crippen molar-refractivity contribution >= 4 is 0 Å². The lowest BCUT2D eigenvalue weighted by atomic mass is 10.1. The van der Waals surface area contributed by atoms with Crippen molar-refractivity contribution in [3.05, 3.63) is 24.0 Å². The van der Waals surface area contributed by atoms with Crippen molar-refractivity contribution in [3.63, 3.8) is 0 Å². The highest BCUT2D eigenvalue weighted by Gasteiger charge is 2.16. The number of hydrogen-bond acceptors (Lipinski definition) is 5. The van der Waals surface area contributed by atoms with Crippen LogP contribution in [-0.2, 0) is 0 Å². The molecule has 0 bridgehead atoms. The minimum atomic E-state index is -0.156. The Labute approximate surface area is 118 Å². The third kappa shape index (κ3) is 2.75. The zero-order valence-corrected chi connectivity index (χ0v) is 12.2. The summed E-state index contributed by atoms with van der Waals surface area (Å²) in [5.74, 6) is 2.89. The maximum Gasteiger partial charge on any atom is 0.181 e. The van der Waals surface area contributed by atoms with Crippen LogP contribution in [0.25, 0.3) is 11.4 Å². The number of nitrogens with zero attached hydrogens (tertiary/aromatic N) is 2. The molecule has 108 valence electrons. The molecular formula is C14H20N4O2. The van der Waals surface area contributed by atoms with Gasteiger partial charge in [0.15, 0.2) is 17.3 Å². The Balaban J connectivity index is 2.33. The summed E-state index contributed by atoms with van der Waals surface area (Å²) in [5.41, 5.74) is 6.90. The van der Waals surface area contributed by atoms with Gasteiger partial charge in [-0.3, -0.25) is 5.10 Å². The van der Waals surface area contributed by atoms with Crippen LogP contribution in [0.2, 0.25) is 0 Å². The average Bonchev–Trinajstić information content (AvgIpc) is 2.95. The van der Waals surface area contributed by atoms with Crippen LogP contribution in [0.5, 0.6) is 11.5 Å². The van der Waals surface area contributed by atoms with E-state index in [2.05, 4.69) is 15.2 Å². The number of hydrogen-bond donors (Lipinski definition) is 2. The van der Waals surface area contributed by atoms with Gasteiger partial charge in [0.1, 0.15) is 5.82 Å². The molecule has 2 aromatic rings. The van der Waals surface area contributed by atoms with Gasteiger partial charge in [-0.25, -0.2) is 4.98 Å². The Hall–Kier alpha value is -2.08. The third-order valence-corrected chi connectivity index (χ3v) is 3.18. The van der Waals surface area contributed by atoms with E-state index < -0.39 is 0 Å². The summed E-state index contributed by atoms with van der Waals surface area (Å²) >= 11 is 0. The highest BCUT2D eigenvalue weighted by atomic mass is 16.5. The number of aromatic nitrogens is 3. The van der Waals surface area contributed by atoms with E-state index in [9.17, 15) is 0 Å². The topological polar surface area (TPSA) is 86.0 Å². The minimum Gasteiger partial charge on any atom is -0.493 e. The Kier molecular flexibility index (Phi) is 4.24.